The first-order valence-electron chi connectivity index (χ1n) is 9.50. The first-order valence-corrected chi connectivity index (χ1v) is 9.50. The Morgan fingerprint density at radius 3 is 2.24 bits per heavy atom. The number of para-hydroxylation sites is 1. The monoisotopic (exact) mass is 471 g/mol. The zero-order valence-corrected chi connectivity index (χ0v) is 17.2. The molecule has 0 saturated carbocycles. The number of halogens is 3. The normalized spacial score (nSPS) is 10.8. The summed E-state index contributed by atoms with van der Waals surface area (Å²) in [6.45, 7) is 0. The molecule has 0 aliphatic heterocycles. The van der Waals surface area contributed by atoms with Crippen LogP contribution in [0.2, 0.25) is 0 Å². The van der Waals surface area contributed by atoms with E-state index in [0.717, 1.165) is 11.1 Å². The molecule has 0 unspecified atom stereocenters. The molecular formula is C22H16F3N5O4. The fraction of sp³-hybridized carbons (Fsp3) is 0.0455. The van der Waals surface area contributed by atoms with Crippen molar-refractivity contribution in [2.45, 2.75) is 6.18 Å². The summed E-state index contributed by atoms with van der Waals surface area (Å²) < 4.78 is 33.3. The summed E-state index contributed by atoms with van der Waals surface area (Å²) in [5.74, 6) is -3.76. The summed E-state index contributed by atoms with van der Waals surface area (Å²) in [4.78, 5) is 36.5. The molecule has 2 aromatic carbocycles. The SMILES string of the molecule is NC(=O)c1cccc2c[n+](-c3ccc(NC(=O)c4ccccn4)cc3)[nH]c12.O=C([O-])C(F)(F)F. The molecule has 4 N–H and O–H groups in total. The van der Waals surface area contributed by atoms with Crippen LogP contribution in [-0.4, -0.2) is 34.0 Å². The predicted molar refractivity (Wildman–Crippen MR) is 112 cm³/mol. The Balaban J connectivity index is 0.000000406. The number of rotatable bonds is 4. The number of carbonyl (C=O) groups is 3. The summed E-state index contributed by atoms with van der Waals surface area (Å²) in [6, 6.07) is 17.8. The van der Waals surface area contributed by atoms with E-state index in [2.05, 4.69) is 15.4 Å². The number of aromatic amines is 1. The number of aromatic nitrogens is 3. The lowest BCUT2D eigenvalue weighted by Gasteiger charge is -2.04. The van der Waals surface area contributed by atoms with Gasteiger partial charge in [0.2, 0.25) is 11.9 Å². The first-order chi connectivity index (χ1) is 16.1. The van der Waals surface area contributed by atoms with E-state index in [1.807, 2.05) is 24.4 Å². The largest absolute Gasteiger partial charge is 0.542 e. The van der Waals surface area contributed by atoms with Gasteiger partial charge >= 0.3 is 6.18 Å². The number of amides is 2. The number of carboxylic acids is 1. The second-order valence-electron chi connectivity index (χ2n) is 6.75. The number of nitrogens with two attached hydrogens (primary N) is 1. The fourth-order valence-electron chi connectivity index (χ4n) is 2.84. The molecule has 0 saturated heterocycles. The number of fused-ring (bicyclic) bond motifs is 1. The molecule has 2 aromatic heterocycles. The highest BCUT2D eigenvalue weighted by Crippen LogP contribution is 2.16. The lowest BCUT2D eigenvalue weighted by Crippen LogP contribution is -2.37. The van der Waals surface area contributed by atoms with Crippen molar-refractivity contribution in [3.8, 4) is 5.69 Å². The summed E-state index contributed by atoms with van der Waals surface area (Å²) >= 11 is 0. The smallest absolute Gasteiger partial charge is 0.430 e. The number of alkyl halides is 3. The Morgan fingerprint density at radius 2 is 1.68 bits per heavy atom. The van der Waals surface area contributed by atoms with Crippen LogP contribution in [0.3, 0.4) is 0 Å². The molecule has 0 aliphatic carbocycles. The van der Waals surface area contributed by atoms with E-state index in [0.29, 0.717) is 22.5 Å². The number of anilines is 1. The summed E-state index contributed by atoms with van der Waals surface area (Å²) in [5.41, 5.74) is 8.40. The Hall–Kier alpha value is -4.74. The van der Waals surface area contributed by atoms with Gasteiger partial charge < -0.3 is 21.0 Å². The third-order valence-corrected chi connectivity index (χ3v) is 4.39. The number of pyridine rings is 1. The molecule has 12 heteroatoms. The number of carbonyl (C=O) groups excluding carboxylic acids is 3. The maximum atomic E-state index is 12.2. The molecule has 34 heavy (non-hydrogen) atoms. The minimum Gasteiger partial charge on any atom is -0.542 e. The molecular weight excluding hydrogens is 455 g/mol. The Morgan fingerprint density at radius 1 is 1.00 bits per heavy atom. The van der Waals surface area contributed by atoms with Crippen molar-refractivity contribution in [1.29, 1.82) is 0 Å². The molecule has 0 spiro atoms. The van der Waals surface area contributed by atoms with Crippen molar-refractivity contribution in [3.63, 3.8) is 0 Å². The molecule has 2 amide bonds. The van der Waals surface area contributed by atoms with Crippen molar-refractivity contribution in [1.82, 2.24) is 10.1 Å². The zero-order valence-electron chi connectivity index (χ0n) is 17.2. The average Bonchev–Trinajstić information content (AvgIpc) is 3.24. The third kappa shape index (κ3) is 5.73. The van der Waals surface area contributed by atoms with Gasteiger partial charge in [-0.25, -0.2) is 0 Å². The highest BCUT2D eigenvalue weighted by atomic mass is 19.4. The van der Waals surface area contributed by atoms with Crippen molar-refractivity contribution in [3.05, 3.63) is 84.3 Å². The van der Waals surface area contributed by atoms with Crippen molar-refractivity contribution < 1.29 is 37.3 Å². The summed E-state index contributed by atoms with van der Waals surface area (Å²) in [5, 5.41) is 15.6. The second kappa shape index (κ2) is 9.81. The number of nitrogens with zero attached hydrogens (tertiary/aromatic N) is 2. The number of hydrogen-bond donors (Lipinski definition) is 3. The van der Waals surface area contributed by atoms with Crippen molar-refractivity contribution in [2.24, 2.45) is 5.73 Å². The summed E-state index contributed by atoms with van der Waals surface area (Å²) in [7, 11) is 0. The minimum absolute atomic E-state index is 0.271. The standard InChI is InChI=1S/C20H15N5O2.C2HF3O2/c21-19(26)16-5-3-4-13-12-25(24-18(13)16)15-9-7-14(8-10-15)23-20(27)17-6-1-2-11-22-17;3-2(4,5)1(6)7/h1-12H,(H3,21,23,26,27);(H,6,7). The second-order valence-corrected chi connectivity index (χ2v) is 6.75. The maximum Gasteiger partial charge on any atom is 0.430 e. The van der Waals surface area contributed by atoms with Crippen molar-refractivity contribution >= 4 is 34.4 Å². The van der Waals surface area contributed by atoms with Gasteiger partial charge in [0, 0.05) is 24.0 Å². The van der Waals surface area contributed by atoms with Crippen molar-refractivity contribution in [2.75, 3.05) is 5.32 Å². The van der Waals surface area contributed by atoms with Crippen LogP contribution >= 0.6 is 0 Å². The molecule has 0 atom stereocenters. The molecule has 174 valence electrons. The number of benzene rings is 2. The van der Waals surface area contributed by atoms with Gasteiger partial charge in [0.1, 0.15) is 17.2 Å². The van der Waals surface area contributed by atoms with Crippen LogP contribution in [0.1, 0.15) is 20.8 Å². The van der Waals surface area contributed by atoms with Gasteiger partial charge in [-0.2, -0.15) is 18.3 Å². The minimum atomic E-state index is -5.19. The lowest BCUT2D eigenvalue weighted by molar-refractivity contribution is -0.653. The van der Waals surface area contributed by atoms with E-state index in [9.17, 15) is 22.8 Å². The van der Waals surface area contributed by atoms with E-state index in [4.69, 9.17) is 15.6 Å². The van der Waals surface area contributed by atoms with E-state index in [1.165, 1.54) is 0 Å². The quantitative estimate of drug-likeness (QED) is 0.386. The number of primary amides is 1. The number of carboxylic acid groups (broad SMARTS) is 1. The molecule has 4 rings (SSSR count). The molecule has 0 aliphatic rings. The molecule has 0 radical (unpaired) electrons. The van der Waals surface area contributed by atoms with Crippen LogP contribution in [-0.2, 0) is 4.79 Å². The van der Waals surface area contributed by atoms with Crippen LogP contribution in [0.5, 0.6) is 0 Å². The molecule has 0 fully saturated rings. The number of aliphatic carboxylic acids is 1. The van der Waals surface area contributed by atoms with Crippen LogP contribution in [0.4, 0.5) is 18.9 Å². The Kier molecular flexibility index (Phi) is 6.90. The molecule has 0 bridgehead atoms. The number of nitrogens with one attached hydrogen (secondary N) is 2. The molecule has 2 heterocycles. The first kappa shape index (κ1) is 23.9. The lowest BCUT2D eigenvalue weighted by atomic mass is 10.1. The molecule has 9 nitrogen and oxygen atoms in total. The van der Waals surface area contributed by atoms with Gasteiger partial charge in [0.25, 0.3) is 11.8 Å². The van der Waals surface area contributed by atoms with Gasteiger partial charge in [0.15, 0.2) is 0 Å². The average molecular weight is 471 g/mol. The van der Waals surface area contributed by atoms with Crippen LogP contribution in [0.25, 0.3) is 16.6 Å². The Bertz CT molecular complexity index is 1340. The third-order valence-electron chi connectivity index (χ3n) is 4.39. The maximum absolute atomic E-state index is 12.2. The summed E-state index contributed by atoms with van der Waals surface area (Å²) in [6.07, 6.45) is -1.74. The number of hydrogen-bond acceptors (Lipinski definition) is 5. The highest BCUT2D eigenvalue weighted by molar-refractivity contribution is 6.04. The van der Waals surface area contributed by atoms with Crippen LogP contribution in [0.15, 0.2) is 73.1 Å². The Labute approximate surface area is 189 Å². The van der Waals surface area contributed by atoms with E-state index >= 15 is 0 Å². The van der Waals surface area contributed by atoms with Crippen LogP contribution < -0.4 is 20.8 Å². The van der Waals surface area contributed by atoms with Gasteiger partial charge in [0.05, 0.1) is 10.9 Å². The van der Waals surface area contributed by atoms with Crippen LogP contribution in [0, 0.1) is 0 Å². The van der Waals surface area contributed by atoms with Gasteiger partial charge in [-0.15, -0.1) is 0 Å². The van der Waals surface area contributed by atoms with Gasteiger partial charge in [-0.1, -0.05) is 16.8 Å². The number of H-pyrrole nitrogens is 1. The van der Waals surface area contributed by atoms with Gasteiger partial charge in [-0.05, 0) is 36.4 Å². The zero-order chi connectivity index (χ0) is 24.9. The predicted octanol–water partition coefficient (Wildman–Crippen LogP) is 1.49. The molecule has 4 aromatic rings. The van der Waals surface area contributed by atoms with E-state index in [1.54, 1.807) is 53.3 Å². The highest BCUT2D eigenvalue weighted by Gasteiger charge is 2.28. The van der Waals surface area contributed by atoms with Gasteiger partial charge in [-0.3, -0.25) is 14.6 Å². The topological polar surface area (TPSA) is 145 Å². The fourth-order valence-corrected chi connectivity index (χ4v) is 2.84. The van der Waals surface area contributed by atoms with E-state index in [-0.39, 0.29) is 5.91 Å². The van der Waals surface area contributed by atoms with E-state index < -0.39 is 18.1 Å².